The van der Waals surface area contributed by atoms with E-state index in [-0.39, 0.29) is 0 Å². The van der Waals surface area contributed by atoms with Crippen molar-refractivity contribution < 1.29 is 5.11 Å². The smallest absolute Gasteiger partial charge is 0.0459 e. The van der Waals surface area contributed by atoms with Gasteiger partial charge in [0.1, 0.15) is 0 Å². The Labute approximate surface area is 75.5 Å². The van der Waals surface area contributed by atoms with Crippen LogP contribution in [-0.2, 0) is 0 Å². The average molecular weight is 168 g/mol. The first kappa shape index (κ1) is 9.79. The van der Waals surface area contributed by atoms with Crippen molar-refractivity contribution in [3.05, 3.63) is 12.2 Å². The number of rotatable bonds is 1. The van der Waals surface area contributed by atoms with Gasteiger partial charge in [-0.15, -0.1) is 0 Å². The van der Waals surface area contributed by atoms with Gasteiger partial charge in [0.25, 0.3) is 0 Å². The van der Waals surface area contributed by atoms with Crippen molar-refractivity contribution in [3.63, 3.8) is 0 Å². The molecule has 0 radical (unpaired) electrons. The Morgan fingerprint density at radius 2 is 1.83 bits per heavy atom. The summed E-state index contributed by atoms with van der Waals surface area (Å²) in [5.41, 5.74) is 0. The Hall–Kier alpha value is -0.300. The molecule has 0 spiro atoms. The summed E-state index contributed by atoms with van der Waals surface area (Å²) in [6.45, 7) is 0.383. The molecule has 0 aromatic heterocycles. The van der Waals surface area contributed by atoms with Crippen molar-refractivity contribution in [3.8, 4) is 0 Å². The highest BCUT2D eigenvalue weighted by Gasteiger charge is 2.06. The van der Waals surface area contributed by atoms with Crippen LogP contribution in [0.25, 0.3) is 0 Å². The molecule has 1 heteroatoms. The third-order valence-corrected chi connectivity index (χ3v) is 2.65. The van der Waals surface area contributed by atoms with Gasteiger partial charge in [-0.1, -0.05) is 25.0 Å². The third kappa shape index (κ3) is 3.91. The highest BCUT2D eigenvalue weighted by molar-refractivity contribution is 4.83. The Morgan fingerprint density at radius 1 is 1.00 bits per heavy atom. The highest BCUT2D eigenvalue weighted by Crippen LogP contribution is 2.17. The lowest BCUT2D eigenvalue weighted by molar-refractivity contribution is 0.208. The predicted molar refractivity (Wildman–Crippen MR) is 52.0 cm³/mol. The maximum atomic E-state index is 9.05. The first-order valence-electron chi connectivity index (χ1n) is 5.19. The van der Waals surface area contributed by atoms with Gasteiger partial charge in [-0.25, -0.2) is 0 Å². The van der Waals surface area contributed by atoms with Crippen molar-refractivity contribution in [2.75, 3.05) is 6.61 Å². The topological polar surface area (TPSA) is 20.2 Å². The van der Waals surface area contributed by atoms with Gasteiger partial charge >= 0.3 is 0 Å². The second kappa shape index (κ2) is 6.24. The first-order valence-corrected chi connectivity index (χ1v) is 5.19. The number of aliphatic hydroxyl groups excluding tert-OH is 1. The lowest BCUT2D eigenvalue weighted by Gasteiger charge is -2.13. The summed E-state index contributed by atoms with van der Waals surface area (Å²) in [4.78, 5) is 0. The van der Waals surface area contributed by atoms with Gasteiger partial charge in [-0.05, 0) is 38.0 Å². The minimum absolute atomic E-state index is 0.383. The number of hydrogen-bond acceptors (Lipinski definition) is 1. The molecular weight excluding hydrogens is 148 g/mol. The second-order valence-corrected chi connectivity index (χ2v) is 3.74. The molecule has 0 aromatic rings. The van der Waals surface area contributed by atoms with E-state index in [1.807, 2.05) is 0 Å². The van der Waals surface area contributed by atoms with Crippen LogP contribution in [0.15, 0.2) is 12.2 Å². The average Bonchev–Trinajstić information content (AvgIpc) is 2.14. The summed E-state index contributed by atoms with van der Waals surface area (Å²) in [5, 5.41) is 9.05. The highest BCUT2D eigenvalue weighted by atomic mass is 16.3. The SMILES string of the molecule is OCC1CC/C=C\CCCCC1. The molecule has 1 aliphatic rings. The van der Waals surface area contributed by atoms with Crippen LogP contribution < -0.4 is 0 Å². The maximum absolute atomic E-state index is 9.05. The fourth-order valence-electron chi connectivity index (χ4n) is 1.77. The van der Waals surface area contributed by atoms with Crippen LogP contribution in [0.1, 0.15) is 44.9 Å². The zero-order valence-electron chi connectivity index (χ0n) is 7.84. The van der Waals surface area contributed by atoms with Crippen LogP contribution in [0.5, 0.6) is 0 Å². The molecule has 1 aliphatic carbocycles. The van der Waals surface area contributed by atoms with Crippen molar-refractivity contribution in [1.82, 2.24) is 0 Å². The molecule has 0 aromatic carbocycles. The van der Waals surface area contributed by atoms with E-state index in [9.17, 15) is 0 Å². The number of hydrogen-bond donors (Lipinski definition) is 1. The lowest BCUT2D eigenvalue weighted by Crippen LogP contribution is -2.05. The van der Waals surface area contributed by atoms with E-state index < -0.39 is 0 Å². The Balaban J connectivity index is 2.27. The van der Waals surface area contributed by atoms with Crippen LogP contribution in [0, 0.1) is 5.92 Å². The third-order valence-electron chi connectivity index (χ3n) is 2.65. The van der Waals surface area contributed by atoms with Crippen LogP contribution in [-0.4, -0.2) is 11.7 Å². The molecule has 1 nitrogen and oxygen atoms in total. The van der Waals surface area contributed by atoms with E-state index in [0.717, 1.165) is 6.42 Å². The normalized spacial score (nSPS) is 29.6. The van der Waals surface area contributed by atoms with E-state index in [0.29, 0.717) is 12.5 Å². The molecule has 70 valence electrons. The summed E-state index contributed by atoms with van der Waals surface area (Å²) < 4.78 is 0. The molecule has 0 bridgehead atoms. The Bertz CT molecular complexity index is 129. The van der Waals surface area contributed by atoms with Gasteiger partial charge in [0.05, 0.1) is 0 Å². The summed E-state index contributed by atoms with van der Waals surface area (Å²) in [6.07, 6.45) is 13.3. The summed E-state index contributed by atoms with van der Waals surface area (Å²) in [5.74, 6) is 0.563. The largest absolute Gasteiger partial charge is 0.396 e. The molecule has 0 aliphatic heterocycles. The summed E-state index contributed by atoms with van der Waals surface area (Å²) >= 11 is 0. The molecule has 0 amide bonds. The molecule has 1 rings (SSSR count). The minimum Gasteiger partial charge on any atom is -0.396 e. The van der Waals surface area contributed by atoms with Gasteiger partial charge in [-0.3, -0.25) is 0 Å². The van der Waals surface area contributed by atoms with Gasteiger partial charge < -0.3 is 5.11 Å². The number of aliphatic hydroxyl groups is 1. The maximum Gasteiger partial charge on any atom is 0.0459 e. The molecule has 0 saturated heterocycles. The van der Waals surface area contributed by atoms with Crippen molar-refractivity contribution in [1.29, 1.82) is 0 Å². The van der Waals surface area contributed by atoms with E-state index in [2.05, 4.69) is 12.2 Å². The van der Waals surface area contributed by atoms with Gasteiger partial charge in [0, 0.05) is 6.61 Å². The summed E-state index contributed by atoms with van der Waals surface area (Å²) in [7, 11) is 0. The Morgan fingerprint density at radius 3 is 2.67 bits per heavy atom. The molecule has 0 fully saturated rings. The second-order valence-electron chi connectivity index (χ2n) is 3.74. The van der Waals surface area contributed by atoms with Crippen molar-refractivity contribution in [2.24, 2.45) is 5.92 Å². The minimum atomic E-state index is 0.383. The van der Waals surface area contributed by atoms with Crippen LogP contribution in [0.3, 0.4) is 0 Å². The summed E-state index contributed by atoms with van der Waals surface area (Å²) in [6, 6.07) is 0. The van der Waals surface area contributed by atoms with Gasteiger partial charge in [0.2, 0.25) is 0 Å². The first-order chi connectivity index (χ1) is 5.93. The van der Waals surface area contributed by atoms with E-state index in [1.54, 1.807) is 0 Å². The van der Waals surface area contributed by atoms with Gasteiger partial charge in [0.15, 0.2) is 0 Å². The molecular formula is C11H20O. The molecule has 1 N–H and O–H groups in total. The van der Waals surface area contributed by atoms with E-state index >= 15 is 0 Å². The van der Waals surface area contributed by atoms with Crippen LogP contribution in [0.2, 0.25) is 0 Å². The Kier molecular flexibility index (Phi) is 5.09. The quantitative estimate of drug-likeness (QED) is 0.597. The molecule has 1 unspecified atom stereocenters. The predicted octanol–water partition coefficient (Wildman–Crippen LogP) is 2.90. The van der Waals surface area contributed by atoms with Crippen LogP contribution in [0.4, 0.5) is 0 Å². The van der Waals surface area contributed by atoms with E-state index in [4.69, 9.17) is 5.11 Å². The van der Waals surface area contributed by atoms with Crippen molar-refractivity contribution >= 4 is 0 Å². The fourth-order valence-corrected chi connectivity index (χ4v) is 1.77. The molecule has 12 heavy (non-hydrogen) atoms. The molecule has 0 heterocycles. The monoisotopic (exact) mass is 168 g/mol. The molecule has 0 saturated carbocycles. The number of allylic oxidation sites excluding steroid dienone is 2. The zero-order chi connectivity index (χ0) is 8.65. The zero-order valence-corrected chi connectivity index (χ0v) is 7.84. The van der Waals surface area contributed by atoms with Gasteiger partial charge in [-0.2, -0.15) is 0 Å². The standard InChI is InChI=1S/C11H20O/c12-10-11-8-6-4-2-1-3-5-7-9-11/h2,4,11-12H,1,3,5-10H2/b4-2-. The van der Waals surface area contributed by atoms with Crippen LogP contribution >= 0.6 is 0 Å². The van der Waals surface area contributed by atoms with Crippen molar-refractivity contribution in [2.45, 2.75) is 44.9 Å². The molecule has 1 atom stereocenters. The fraction of sp³-hybridized carbons (Fsp3) is 0.818. The van der Waals surface area contributed by atoms with E-state index in [1.165, 1.54) is 38.5 Å². The lowest BCUT2D eigenvalue weighted by atomic mass is 9.95.